The lowest BCUT2D eigenvalue weighted by molar-refractivity contribution is -0.136. The summed E-state index contributed by atoms with van der Waals surface area (Å²) < 4.78 is 10.7. The second-order valence-corrected chi connectivity index (χ2v) is 5.93. The quantitative estimate of drug-likeness (QED) is 0.781. The predicted octanol–water partition coefficient (Wildman–Crippen LogP) is 2.75. The molecule has 6 heteroatoms. The van der Waals surface area contributed by atoms with Crippen LogP contribution in [0.1, 0.15) is 22.8 Å². The number of para-hydroxylation sites is 1. The van der Waals surface area contributed by atoms with Crippen molar-refractivity contribution in [2.45, 2.75) is 20.0 Å². The summed E-state index contributed by atoms with van der Waals surface area (Å²) in [6.07, 6.45) is -0.426. The summed E-state index contributed by atoms with van der Waals surface area (Å²) >= 11 is 0. The minimum Gasteiger partial charge on any atom is -0.496 e. The lowest BCUT2D eigenvalue weighted by atomic mass is 10.1. The van der Waals surface area contributed by atoms with E-state index in [9.17, 15) is 9.59 Å². The number of carbonyl (C=O) groups is 2. The summed E-state index contributed by atoms with van der Waals surface area (Å²) in [5, 5.41) is 5.20. The summed E-state index contributed by atoms with van der Waals surface area (Å²) in [5.74, 6) is -0.781. The van der Waals surface area contributed by atoms with Crippen LogP contribution in [0.15, 0.2) is 42.5 Å². The van der Waals surface area contributed by atoms with Crippen molar-refractivity contribution >= 4 is 17.5 Å². The highest BCUT2D eigenvalue weighted by molar-refractivity contribution is 6.39. The fourth-order valence-corrected chi connectivity index (χ4v) is 2.53. The van der Waals surface area contributed by atoms with Crippen LogP contribution in [0.3, 0.4) is 0 Å². The standard InChI is InChI=1S/C20H24N2O4/c1-13-9-10-15(11-14(13)2)22-20(24)19(23)21-12-18(26-4)16-7-5-6-8-17(16)25-3/h5-11,18H,12H2,1-4H3,(H,21,23)(H,22,24). The van der Waals surface area contributed by atoms with Gasteiger partial charge in [-0.05, 0) is 43.2 Å². The van der Waals surface area contributed by atoms with E-state index in [1.165, 1.54) is 0 Å². The van der Waals surface area contributed by atoms with E-state index < -0.39 is 17.9 Å². The number of aryl methyl sites for hydroxylation is 2. The monoisotopic (exact) mass is 356 g/mol. The molecule has 2 aromatic carbocycles. The zero-order chi connectivity index (χ0) is 19.1. The Morgan fingerprint density at radius 2 is 1.73 bits per heavy atom. The lowest BCUT2D eigenvalue weighted by Crippen LogP contribution is -2.38. The van der Waals surface area contributed by atoms with Gasteiger partial charge in [0.05, 0.1) is 7.11 Å². The molecule has 0 aliphatic carbocycles. The van der Waals surface area contributed by atoms with Gasteiger partial charge < -0.3 is 20.1 Å². The third-order valence-electron chi connectivity index (χ3n) is 4.19. The number of ether oxygens (including phenoxy) is 2. The van der Waals surface area contributed by atoms with Crippen LogP contribution >= 0.6 is 0 Å². The van der Waals surface area contributed by atoms with Gasteiger partial charge >= 0.3 is 11.8 Å². The molecule has 1 unspecified atom stereocenters. The molecule has 0 saturated carbocycles. The normalized spacial score (nSPS) is 11.5. The number of benzene rings is 2. The molecule has 2 rings (SSSR count). The van der Waals surface area contributed by atoms with Crippen LogP contribution in [0.25, 0.3) is 0 Å². The van der Waals surface area contributed by atoms with Crippen LogP contribution in [0.5, 0.6) is 5.75 Å². The highest BCUT2D eigenvalue weighted by Gasteiger charge is 2.19. The SMILES string of the molecule is COc1ccccc1C(CNC(=O)C(=O)Nc1ccc(C)c(C)c1)OC. The molecule has 0 radical (unpaired) electrons. The first-order chi connectivity index (χ1) is 12.5. The summed E-state index contributed by atoms with van der Waals surface area (Å²) in [7, 11) is 3.11. The number of hydrogen-bond acceptors (Lipinski definition) is 4. The van der Waals surface area contributed by atoms with Crippen LogP contribution in [0.4, 0.5) is 5.69 Å². The van der Waals surface area contributed by atoms with E-state index in [0.717, 1.165) is 16.7 Å². The average molecular weight is 356 g/mol. The van der Waals surface area contributed by atoms with E-state index in [2.05, 4.69) is 10.6 Å². The highest BCUT2D eigenvalue weighted by Crippen LogP contribution is 2.26. The number of hydrogen-bond donors (Lipinski definition) is 2. The molecule has 6 nitrogen and oxygen atoms in total. The second kappa shape index (κ2) is 9.01. The van der Waals surface area contributed by atoms with Gasteiger partial charge in [0.2, 0.25) is 0 Å². The fraction of sp³-hybridized carbons (Fsp3) is 0.300. The van der Waals surface area contributed by atoms with Crippen molar-refractivity contribution in [3.8, 4) is 5.75 Å². The number of methoxy groups -OCH3 is 2. The Kier molecular flexibility index (Phi) is 6.74. The zero-order valence-corrected chi connectivity index (χ0v) is 15.5. The predicted molar refractivity (Wildman–Crippen MR) is 100 cm³/mol. The molecule has 0 saturated heterocycles. The van der Waals surface area contributed by atoms with Crippen molar-refractivity contribution in [3.63, 3.8) is 0 Å². The van der Waals surface area contributed by atoms with Gasteiger partial charge in [0.25, 0.3) is 0 Å². The summed E-state index contributed by atoms with van der Waals surface area (Å²) in [4.78, 5) is 24.2. The molecule has 0 aliphatic heterocycles. The van der Waals surface area contributed by atoms with E-state index in [1.807, 2.05) is 50.2 Å². The molecule has 138 valence electrons. The maximum atomic E-state index is 12.1. The minimum absolute atomic E-state index is 0.149. The Hall–Kier alpha value is -2.86. The van der Waals surface area contributed by atoms with Crippen molar-refractivity contribution in [2.75, 3.05) is 26.1 Å². The lowest BCUT2D eigenvalue weighted by Gasteiger charge is -2.19. The Balaban J connectivity index is 1.97. The molecule has 2 aromatic rings. The molecule has 2 N–H and O–H groups in total. The van der Waals surface area contributed by atoms with Gasteiger partial charge in [-0.25, -0.2) is 0 Å². The van der Waals surface area contributed by atoms with Gasteiger partial charge in [-0.15, -0.1) is 0 Å². The highest BCUT2D eigenvalue weighted by atomic mass is 16.5. The third-order valence-corrected chi connectivity index (χ3v) is 4.19. The minimum atomic E-state index is -0.722. The molecule has 0 fully saturated rings. The van der Waals surface area contributed by atoms with Gasteiger partial charge in [0.1, 0.15) is 11.9 Å². The van der Waals surface area contributed by atoms with Gasteiger partial charge in [0, 0.05) is 24.9 Å². The number of anilines is 1. The largest absolute Gasteiger partial charge is 0.496 e. The van der Waals surface area contributed by atoms with Crippen molar-refractivity contribution in [3.05, 3.63) is 59.2 Å². The topological polar surface area (TPSA) is 76.7 Å². The van der Waals surface area contributed by atoms with Crippen LogP contribution in [-0.2, 0) is 14.3 Å². The molecule has 1 atom stereocenters. The van der Waals surface area contributed by atoms with Crippen molar-refractivity contribution < 1.29 is 19.1 Å². The van der Waals surface area contributed by atoms with Crippen molar-refractivity contribution in [1.29, 1.82) is 0 Å². The van der Waals surface area contributed by atoms with Crippen LogP contribution < -0.4 is 15.4 Å². The average Bonchev–Trinajstić information content (AvgIpc) is 2.65. The Bertz CT molecular complexity index is 789. The molecule has 0 bridgehead atoms. The van der Waals surface area contributed by atoms with Crippen LogP contribution in [0.2, 0.25) is 0 Å². The van der Waals surface area contributed by atoms with E-state index in [-0.39, 0.29) is 6.54 Å². The smallest absolute Gasteiger partial charge is 0.313 e. The maximum Gasteiger partial charge on any atom is 0.313 e. The van der Waals surface area contributed by atoms with Gasteiger partial charge in [0.15, 0.2) is 0 Å². The fourth-order valence-electron chi connectivity index (χ4n) is 2.53. The van der Waals surface area contributed by atoms with Gasteiger partial charge in [-0.2, -0.15) is 0 Å². The van der Waals surface area contributed by atoms with E-state index in [0.29, 0.717) is 11.4 Å². The summed E-state index contributed by atoms with van der Waals surface area (Å²) in [6.45, 7) is 4.08. The Morgan fingerprint density at radius 3 is 2.38 bits per heavy atom. The number of rotatable bonds is 6. The summed E-state index contributed by atoms with van der Waals surface area (Å²) in [5.41, 5.74) is 3.54. The second-order valence-electron chi connectivity index (χ2n) is 5.93. The molecule has 0 heterocycles. The molecule has 0 spiro atoms. The Morgan fingerprint density at radius 1 is 1.00 bits per heavy atom. The van der Waals surface area contributed by atoms with Crippen LogP contribution in [-0.4, -0.2) is 32.6 Å². The number of carbonyl (C=O) groups excluding carboxylic acids is 2. The first kappa shape index (κ1) is 19.5. The van der Waals surface area contributed by atoms with Crippen LogP contribution in [0, 0.1) is 13.8 Å². The molecule has 0 aliphatic rings. The molecular weight excluding hydrogens is 332 g/mol. The first-order valence-electron chi connectivity index (χ1n) is 8.28. The van der Waals surface area contributed by atoms with Gasteiger partial charge in [-0.3, -0.25) is 9.59 Å². The molecule has 26 heavy (non-hydrogen) atoms. The zero-order valence-electron chi connectivity index (χ0n) is 15.5. The number of amides is 2. The van der Waals surface area contributed by atoms with Crippen molar-refractivity contribution in [1.82, 2.24) is 5.32 Å². The Labute approximate surface area is 153 Å². The number of nitrogens with one attached hydrogen (secondary N) is 2. The first-order valence-corrected chi connectivity index (χ1v) is 8.28. The molecular formula is C20H24N2O4. The van der Waals surface area contributed by atoms with Crippen molar-refractivity contribution in [2.24, 2.45) is 0 Å². The molecule has 2 amide bonds. The van der Waals surface area contributed by atoms with E-state index in [1.54, 1.807) is 20.3 Å². The van der Waals surface area contributed by atoms with Gasteiger partial charge in [-0.1, -0.05) is 24.3 Å². The third kappa shape index (κ3) is 4.83. The summed E-state index contributed by atoms with van der Waals surface area (Å²) in [6, 6.07) is 12.9. The van der Waals surface area contributed by atoms with E-state index >= 15 is 0 Å². The van der Waals surface area contributed by atoms with E-state index in [4.69, 9.17) is 9.47 Å². The molecule has 0 aromatic heterocycles. The maximum absolute atomic E-state index is 12.1.